The third kappa shape index (κ3) is 5.45. The van der Waals surface area contributed by atoms with Crippen molar-refractivity contribution in [2.24, 2.45) is 4.99 Å². The molecule has 162 valence electrons. The Balaban J connectivity index is 1.64. The van der Waals surface area contributed by atoms with Crippen LogP contribution < -0.4 is 10.6 Å². The number of piperidine rings is 2. The Hall–Kier alpha value is -1.73. The predicted molar refractivity (Wildman–Crippen MR) is 114 cm³/mol. The lowest BCUT2D eigenvalue weighted by Crippen LogP contribution is -2.62. The van der Waals surface area contributed by atoms with Crippen LogP contribution >= 0.6 is 0 Å². The number of hydrogen-bond acceptors (Lipinski definition) is 3. The minimum absolute atomic E-state index is 0.149. The van der Waals surface area contributed by atoms with Crippen molar-refractivity contribution in [2.75, 3.05) is 46.8 Å². The standard InChI is InChI=1S/C22H35F2N5/c1-17(18-7-8-19(23)20(24)15-18)27-21(25-2)26-16-22(9-13-28(3)14-10-22)29-11-5-4-6-12-29/h7-8,15,17H,4-6,9-14,16H2,1-3H3,(H2,25,26,27). The van der Waals surface area contributed by atoms with Gasteiger partial charge in [0.25, 0.3) is 0 Å². The molecule has 2 aliphatic heterocycles. The maximum absolute atomic E-state index is 13.6. The summed E-state index contributed by atoms with van der Waals surface area (Å²) in [7, 11) is 3.94. The smallest absolute Gasteiger partial charge is 0.191 e. The SMILES string of the molecule is CN=C(NCC1(N2CCCCC2)CCN(C)CC1)NC(C)c1ccc(F)c(F)c1. The molecule has 2 saturated heterocycles. The van der Waals surface area contributed by atoms with Gasteiger partial charge in [0.05, 0.1) is 6.04 Å². The normalized spacial score (nSPS) is 22.3. The number of aliphatic imine (C=N–C) groups is 1. The summed E-state index contributed by atoms with van der Waals surface area (Å²) in [6.07, 6.45) is 6.17. The van der Waals surface area contributed by atoms with Crippen molar-refractivity contribution in [2.45, 2.75) is 50.6 Å². The summed E-state index contributed by atoms with van der Waals surface area (Å²) in [5, 5.41) is 6.85. The van der Waals surface area contributed by atoms with Crippen LogP contribution in [-0.2, 0) is 0 Å². The first-order valence-electron chi connectivity index (χ1n) is 10.8. The van der Waals surface area contributed by atoms with Crippen LogP contribution in [0.5, 0.6) is 0 Å². The average molecular weight is 408 g/mol. The topological polar surface area (TPSA) is 42.9 Å². The Kier molecular flexibility index (Phi) is 7.46. The first-order valence-corrected chi connectivity index (χ1v) is 10.8. The lowest BCUT2D eigenvalue weighted by atomic mass is 9.84. The number of rotatable bonds is 5. The van der Waals surface area contributed by atoms with E-state index in [4.69, 9.17) is 0 Å². The van der Waals surface area contributed by atoms with E-state index in [9.17, 15) is 8.78 Å². The van der Waals surface area contributed by atoms with Gasteiger partial charge in [-0.25, -0.2) is 8.78 Å². The summed E-state index contributed by atoms with van der Waals surface area (Å²) in [6, 6.07) is 3.84. The molecule has 1 aromatic rings. The van der Waals surface area contributed by atoms with Crippen LogP contribution in [0.25, 0.3) is 0 Å². The molecule has 7 heteroatoms. The summed E-state index contributed by atoms with van der Waals surface area (Å²) < 4.78 is 26.8. The molecule has 0 amide bonds. The number of nitrogens with one attached hydrogen (secondary N) is 2. The van der Waals surface area contributed by atoms with Gasteiger partial charge in [-0.05, 0) is 83.5 Å². The van der Waals surface area contributed by atoms with Gasteiger partial charge in [0.15, 0.2) is 17.6 Å². The first-order chi connectivity index (χ1) is 13.9. The second kappa shape index (κ2) is 9.85. The molecule has 0 bridgehead atoms. The third-order valence-corrected chi connectivity index (χ3v) is 6.55. The van der Waals surface area contributed by atoms with Crippen molar-refractivity contribution in [3.8, 4) is 0 Å². The van der Waals surface area contributed by atoms with E-state index in [0.717, 1.165) is 32.5 Å². The summed E-state index contributed by atoms with van der Waals surface area (Å²) in [4.78, 5) is 9.45. The van der Waals surface area contributed by atoms with Crippen molar-refractivity contribution in [3.63, 3.8) is 0 Å². The Morgan fingerprint density at radius 3 is 2.41 bits per heavy atom. The van der Waals surface area contributed by atoms with Gasteiger partial charge >= 0.3 is 0 Å². The van der Waals surface area contributed by atoms with E-state index in [1.54, 1.807) is 13.1 Å². The number of benzene rings is 1. The predicted octanol–water partition coefficient (Wildman–Crippen LogP) is 3.14. The van der Waals surface area contributed by atoms with E-state index in [-0.39, 0.29) is 11.6 Å². The summed E-state index contributed by atoms with van der Waals surface area (Å²) in [5.74, 6) is -0.957. The molecule has 2 heterocycles. The van der Waals surface area contributed by atoms with Gasteiger partial charge in [-0.1, -0.05) is 12.5 Å². The highest BCUT2D eigenvalue weighted by molar-refractivity contribution is 5.80. The van der Waals surface area contributed by atoms with Crippen LogP contribution in [0.4, 0.5) is 8.78 Å². The van der Waals surface area contributed by atoms with Crippen LogP contribution in [0.15, 0.2) is 23.2 Å². The Labute approximate surface area is 173 Å². The van der Waals surface area contributed by atoms with Crippen LogP contribution in [0, 0.1) is 11.6 Å². The molecule has 2 N–H and O–H groups in total. The van der Waals surface area contributed by atoms with E-state index in [1.165, 1.54) is 44.5 Å². The van der Waals surface area contributed by atoms with Crippen LogP contribution in [0.1, 0.15) is 50.6 Å². The molecule has 0 saturated carbocycles. The number of nitrogens with zero attached hydrogens (tertiary/aromatic N) is 3. The van der Waals surface area contributed by atoms with Crippen LogP contribution in [0.3, 0.4) is 0 Å². The molecule has 3 rings (SSSR count). The third-order valence-electron chi connectivity index (χ3n) is 6.55. The van der Waals surface area contributed by atoms with E-state index in [0.29, 0.717) is 11.5 Å². The van der Waals surface area contributed by atoms with Gasteiger partial charge in [-0.2, -0.15) is 0 Å². The Bertz CT molecular complexity index is 694. The molecule has 5 nitrogen and oxygen atoms in total. The fourth-order valence-corrected chi connectivity index (χ4v) is 4.52. The van der Waals surface area contributed by atoms with Crippen LogP contribution in [-0.4, -0.2) is 68.1 Å². The number of halogens is 2. The quantitative estimate of drug-likeness (QED) is 0.581. The van der Waals surface area contributed by atoms with Gasteiger partial charge in [0, 0.05) is 19.1 Å². The summed E-state index contributed by atoms with van der Waals surface area (Å²) >= 11 is 0. The zero-order valence-electron chi connectivity index (χ0n) is 18.0. The van der Waals surface area contributed by atoms with Crippen molar-refractivity contribution in [1.29, 1.82) is 0 Å². The van der Waals surface area contributed by atoms with Crippen molar-refractivity contribution in [1.82, 2.24) is 20.4 Å². The maximum Gasteiger partial charge on any atom is 0.191 e. The van der Waals surface area contributed by atoms with E-state index >= 15 is 0 Å². The van der Waals surface area contributed by atoms with Gasteiger partial charge in [0.1, 0.15) is 0 Å². The molecular weight excluding hydrogens is 372 g/mol. The number of likely N-dealkylation sites (tertiary alicyclic amines) is 2. The molecule has 1 atom stereocenters. The highest BCUT2D eigenvalue weighted by Gasteiger charge is 2.39. The average Bonchev–Trinajstić information content (AvgIpc) is 2.75. The lowest BCUT2D eigenvalue weighted by molar-refractivity contribution is 0.0173. The maximum atomic E-state index is 13.6. The van der Waals surface area contributed by atoms with Crippen LogP contribution in [0.2, 0.25) is 0 Å². The highest BCUT2D eigenvalue weighted by atomic mass is 19.2. The zero-order valence-corrected chi connectivity index (χ0v) is 18.0. The van der Waals surface area contributed by atoms with E-state index in [2.05, 4.69) is 32.5 Å². The fourth-order valence-electron chi connectivity index (χ4n) is 4.52. The minimum Gasteiger partial charge on any atom is -0.355 e. The zero-order chi connectivity index (χ0) is 20.9. The largest absolute Gasteiger partial charge is 0.355 e. The molecular formula is C22H35F2N5. The van der Waals surface area contributed by atoms with Gasteiger partial charge in [-0.15, -0.1) is 0 Å². The van der Waals surface area contributed by atoms with Crippen molar-refractivity contribution >= 4 is 5.96 Å². The minimum atomic E-state index is -0.825. The molecule has 0 radical (unpaired) electrons. The van der Waals surface area contributed by atoms with E-state index < -0.39 is 11.6 Å². The van der Waals surface area contributed by atoms with E-state index in [1.807, 2.05) is 6.92 Å². The molecule has 0 aromatic heterocycles. The Morgan fingerprint density at radius 2 is 1.79 bits per heavy atom. The molecule has 2 aliphatic rings. The molecule has 1 aromatic carbocycles. The van der Waals surface area contributed by atoms with Crippen molar-refractivity contribution in [3.05, 3.63) is 35.4 Å². The summed E-state index contributed by atoms with van der Waals surface area (Å²) in [5.41, 5.74) is 0.840. The monoisotopic (exact) mass is 407 g/mol. The second-order valence-electron chi connectivity index (χ2n) is 8.54. The molecule has 0 aliphatic carbocycles. The number of guanidine groups is 1. The molecule has 2 fully saturated rings. The molecule has 29 heavy (non-hydrogen) atoms. The van der Waals surface area contributed by atoms with Crippen molar-refractivity contribution < 1.29 is 8.78 Å². The first kappa shape index (κ1) is 22.0. The van der Waals surface area contributed by atoms with Gasteiger partial charge in [0.2, 0.25) is 0 Å². The lowest BCUT2D eigenvalue weighted by Gasteiger charge is -2.50. The molecule has 0 spiro atoms. The number of hydrogen-bond donors (Lipinski definition) is 2. The fraction of sp³-hybridized carbons (Fsp3) is 0.682. The Morgan fingerprint density at radius 1 is 1.10 bits per heavy atom. The van der Waals surface area contributed by atoms with Gasteiger partial charge < -0.3 is 15.5 Å². The van der Waals surface area contributed by atoms with Gasteiger partial charge in [-0.3, -0.25) is 9.89 Å². The molecule has 1 unspecified atom stereocenters. The second-order valence-corrected chi connectivity index (χ2v) is 8.54. The summed E-state index contributed by atoms with van der Waals surface area (Å²) in [6.45, 7) is 7.32. The highest BCUT2D eigenvalue weighted by Crippen LogP contribution is 2.31.